The highest BCUT2D eigenvalue weighted by atomic mass is 35.5. The number of oxime groups is 1. The number of carbonyl (C=O) groups excluding carboxylic acids is 1. The molecule has 0 bridgehead atoms. The molecule has 0 aliphatic carbocycles. The number of aryl methyl sites for hydroxylation is 1. The van der Waals surface area contributed by atoms with Crippen molar-refractivity contribution in [3.63, 3.8) is 0 Å². The van der Waals surface area contributed by atoms with Gasteiger partial charge in [-0.2, -0.15) is 0 Å². The summed E-state index contributed by atoms with van der Waals surface area (Å²) in [6.07, 6.45) is 2.72. The van der Waals surface area contributed by atoms with Gasteiger partial charge in [-0.1, -0.05) is 28.9 Å². The van der Waals surface area contributed by atoms with E-state index in [1.165, 1.54) is 11.3 Å². The third kappa shape index (κ3) is 4.84. The predicted octanol–water partition coefficient (Wildman–Crippen LogP) is 4.02. The Kier molecular flexibility index (Phi) is 6.80. The third-order valence-corrected chi connectivity index (χ3v) is 8.65. The largest absolute Gasteiger partial charge is 0.447 e. The second-order valence-corrected chi connectivity index (χ2v) is 11.4. The van der Waals surface area contributed by atoms with E-state index < -0.39 is 0 Å². The summed E-state index contributed by atoms with van der Waals surface area (Å²) in [6.45, 7) is 3.12. The van der Waals surface area contributed by atoms with Crippen LogP contribution in [0.5, 0.6) is 0 Å². The number of benzene rings is 2. The zero-order valence-electron chi connectivity index (χ0n) is 21.5. The molecule has 11 nitrogen and oxygen atoms in total. The van der Waals surface area contributed by atoms with Gasteiger partial charge in [-0.25, -0.2) is 14.8 Å². The van der Waals surface area contributed by atoms with E-state index in [1.807, 2.05) is 24.3 Å². The number of fused-ring (bicyclic) bond motifs is 2. The number of anilines is 1. The molecule has 206 valence electrons. The van der Waals surface area contributed by atoms with Crippen molar-refractivity contribution >= 4 is 51.5 Å². The molecule has 0 radical (unpaired) electrons. The molecule has 2 saturated heterocycles. The van der Waals surface area contributed by atoms with Gasteiger partial charge in [0, 0.05) is 35.1 Å². The number of nitrogens with two attached hydrogens (primary N) is 1. The molecule has 4 aromatic rings. The van der Waals surface area contributed by atoms with E-state index in [0.29, 0.717) is 57.8 Å². The van der Waals surface area contributed by atoms with Crippen LogP contribution in [0.1, 0.15) is 29.1 Å². The number of hydrogen-bond acceptors (Lipinski definition) is 9. The van der Waals surface area contributed by atoms with E-state index in [4.69, 9.17) is 32.3 Å². The fraction of sp³-hybridized carbons (Fsp3) is 0.296. The molecule has 4 N–H and O–H groups in total. The van der Waals surface area contributed by atoms with Crippen LogP contribution in [0.25, 0.3) is 21.5 Å². The van der Waals surface area contributed by atoms with Crippen LogP contribution in [0.4, 0.5) is 10.5 Å². The molecule has 0 spiro atoms. The Balaban J connectivity index is 1.42. The van der Waals surface area contributed by atoms with E-state index in [2.05, 4.69) is 15.5 Å². The number of ether oxygens (including phenoxy) is 1. The van der Waals surface area contributed by atoms with Gasteiger partial charge in [0.15, 0.2) is 5.84 Å². The van der Waals surface area contributed by atoms with Gasteiger partial charge in [0.05, 0.1) is 28.4 Å². The molecular formula is C27H26ClN7O4S. The first kappa shape index (κ1) is 26.1. The number of amides is 1. The summed E-state index contributed by atoms with van der Waals surface area (Å²) in [6, 6.07) is 11.1. The van der Waals surface area contributed by atoms with Gasteiger partial charge >= 0.3 is 6.09 Å². The maximum atomic E-state index is 13.8. The summed E-state index contributed by atoms with van der Waals surface area (Å²) < 4.78 is 6.88. The van der Waals surface area contributed by atoms with Crippen molar-refractivity contribution in [1.82, 2.24) is 19.4 Å². The number of carbonyl (C=O) groups is 1. The average molecular weight is 580 g/mol. The highest BCUT2D eigenvalue weighted by Gasteiger charge is 2.38. The summed E-state index contributed by atoms with van der Waals surface area (Å²) in [7, 11) is 0. The predicted molar refractivity (Wildman–Crippen MR) is 153 cm³/mol. The zero-order valence-corrected chi connectivity index (χ0v) is 23.1. The van der Waals surface area contributed by atoms with Crippen LogP contribution in [0.15, 0.2) is 52.5 Å². The monoisotopic (exact) mass is 579 g/mol. The van der Waals surface area contributed by atoms with E-state index in [-0.39, 0.29) is 29.6 Å². The number of aromatic nitrogens is 3. The number of piperidine rings is 1. The molecule has 2 aliphatic heterocycles. The molecule has 2 aliphatic rings. The Morgan fingerprint density at radius 3 is 2.88 bits per heavy atom. The van der Waals surface area contributed by atoms with Crippen LogP contribution in [-0.4, -0.2) is 61.8 Å². The highest BCUT2D eigenvalue weighted by molar-refractivity contribution is 7.17. The van der Waals surface area contributed by atoms with Crippen molar-refractivity contribution in [1.29, 1.82) is 0 Å². The first-order chi connectivity index (χ1) is 19.3. The van der Waals surface area contributed by atoms with Gasteiger partial charge in [-0.15, -0.1) is 11.3 Å². The van der Waals surface area contributed by atoms with Crippen LogP contribution in [0.2, 0.25) is 5.02 Å². The van der Waals surface area contributed by atoms with Crippen LogP contribution in [0.3, 0.4) is 0 Å². The molecule has 1 amide bonds. The van der Waals surface area contributed by atoms with Crippen molar-refractivity contribution in [2.75, 3.05) is 18.5 Å². The molecule has 13 heteroatoms. The summed E-state index contributed by atoms with van der Waals surface area (Å²) in [5, 5.41) is 17.5. The molecule has 2 atom stereocenters. The lowest BCUT2D eigenvalue weighted by Gasteiger charge is -2.33. The Labute approximate surface area is 237 Å². The quantitative estimate of drug-likeness (QED) is 0.134. The third-order valence-electron chi connectivity index (χ3n) is 7.34. The fourth-order valence-corrected chi connectivity index (χ4v) is 6.22. The Hall–Kier alpha value is -4.16. The van der Waals surface area contributed by atoms with Gasteiger partial charge in [0.25, 0.3) is 5.56 Å². The van der Waals surface area contributed by atoms with Gasteiger partial charge in [0.1, 0.15) is 17.4 Å². The number of rotatable bonds is 6. The van der Waals surface area contributed by atoms with Crippen molar-refractivity contribution in [3.8, 4) is 10.6 Å². The average Bonchev–Trinajstić information content (AvgIpc) is 3.59. The number of halogens is 1. The van der Waals surface area contributed by atoms with Crippen LogP contribution >= 0.6 is 22.9 Å². The summed E-state index contributed by atoms with van der Waals surface area (Å²) in [5.41, 5.74) is 8.58. The van der Waals surface area contributed by atoms with Crippen molar-refractivity contribution in [3.05, 3.63) is 74.2 Å². The van der Waals surface area contributed by atoms with Gasteiger partial charge in [0.2, 0.25) is 0 Å². The Morgan fingerprint density at radius 2 is 2.10 bits per heavy atom. The first-order valence-corrected chi connectivity index (χ1v) is 13.9. The Bertz CT molecular complexity index is 1700. The van der Waals surface area contributed by atoms with Crippen LogP contribution < -0.4 is 16.6 Å². The number of nitrogens with zero attached hydrogens (tertiary/aromatic N) is 5. The second kappa shape index (κ2) is 10.4. The molecule has 0 saturated carbocycles. The van der Waals surface area contributed by atoms with E-state index in [1.54, 1.807) is 34.7 Å². The SMILES string of the molecule is Cc1nc2cc(-c3ncc(/C(N)=N/O)s3)c(N[C@H]3CCN4C(=O)OC[C@@H]4C3)cc2c(=O)n1Cc1ccc(Cl)cc1. The molecule has 2 aromatic heterocycles. The fourth-order valence-electron chi connectivity index (χ4n) is 5.25. The summed E-state index contributed by atoms with van der Waals surface area (Å²) in [5.74, 6) is 0.547. The van der Waals surface area contributed by atoms with Crippen LogP contribution in [0, 0.1) is 6.92 Å². The van der Waals surface area contributed by atoms with Crippen LogP contribution in [-0.2, 0) is 11.3 Å². The number of amidine groups is 1. The van der Waals surface area contributed by atoms with Crippen molar-refractivity contribution < 1.29 is 14.7 Å². The zero-order chi connectivity index (χ0) is 28.0. The number of hydrogen-bond donors (Lipinski definition) is 3. The highest BCUT2D eigenvalue weighted by Crippen LogP contribution is 2.36. The number of nitrogens with one attached hydrogen (secondary N) is 1. The maximum absolute atomic E-state index is 13.8. The maximum Gasteiger partial charge on any atom is 0.410 e. The topological polar surface area (TPSA) is 148 Å². The lowest BCUT2D eigenvalue weighted by Crippen LogP contribution is -2.45. The minimum atomic E-state index is -0.268. The summed E-state index contributed by atoms with van der Waals surface area (Å²) >= 11 is 7.31. The molecule has 0 unspecified atom stereocenters. The van der Waals surface area contributed by atoms with Crippen molar-refractivity contribution in [2.45, 2.75) is 38.4 Å². The molecule has 6 rings (SSSR count). The minimum Gasteiger partial charge on any atom is -0.447 e. The molecule has 2 aromatic carbocycles. The van der Waals surface area contributed by atoms with Gasteiger partial charge < -0.3 is 25.9 Å². The van der Waals surface area contributed by atoms with Crippen molar-refractivity contribution in [2.24, 2.45) is 10.9 Å². The smallest absolute Gasteiger partial charge is 0.410 e. The second-order valence-electron chi connectivity index (χ2n) is 9.90. The standard InChI is InChI=1S/C27H26ClN7O4S/c1-14-31-22-9-19(25-30-11-23(40-25)24(29)33-38)21(32-17-6-7-34-18(8-17)13-39-27(34)37)10-20(22)26(36)35(14)12-15-2-4-16(28)5-3-15/h2-5,9-11,17-18,32,38H,6-8,12-13H2,1H3,(H2,29,33)/t17-,18-/m0/s1. The summed E-state index contributed by atoms with van der Waals surface area (Å²) in [4.78, 5) is 37.3. The molecule has 40 heavy (non-hydrogen) atoms. The minimum absolute atomic E-state index is 0.00982. The molecular weight excluding hydrogens is 554 g/mol. The van der Waals surface area contributed by atoms with E-state index >= 15 is 0 Å². The number of cyclic esters (lactones) is 1. The van der Waals surface area contributed by atoms with E-state index in [0.717, 1.165) is 23.2 Å². The molecule has 4 heterocycles. The lowest BCUT2D eigenvalue weighted by molar-refractivity contribution is 0.153. The normalized spacial score (nSPS) is 19.1. The first-order valence-electron chi connectivity index (χ1n) is 12.7. The molecule has 2 fully saturated rings. The lowest BCUT2D eigenvalue weighted by atomic mass is 9.97. The Morgan fingerprint density at radius 1 is 1.30 bits per heavy atom. The van der Waals surface area contributed by atoms with E-state index in [9.17, 15) is 9.59 Å². The van der Waals surface area contributed by atoms with Gasteiger partial charge in [-0.05, 0) is 49.6 Å². The van der Waals surface area contributed by atoms with Gasteiger partial charge in [-0.3, -0.25) is 9.36 Å². The number of thiazole rings is 1.